The zero-order valence-corrected chi connectivity index (χ0v) is 14.4. The van der Waals surface area contributed by atoms with Crippen LogP contribution in [-0.4, -0.2) is 18.5 Å². The Balaban J connectivity index is 3.35. The van der Waals surface area contributed by atoms with E-state index in [4.69, 9.17) is 0 Å². The molecule has 0 aromatic carbocycles. The van der Waals surface area contributed by atoms with Crippen LogP contribution in [0.25, 0.3) is 0 Å². The van der Waals surface area contributed by atoms with Gasteiger partial charge in [0.25, 0.3) is 0 Å². The Labute approximate surface area is 118 Å². The zero-order chi connectivity index (χ0) is 13.6. The average molecular weight is 272 g/mol. The van der Waals surface area contributed by atoms with Gasteiger partial charge in [0.1, 0.15) is 0 Å². The van der Waals surface area contributed by atoms with Crippen LogP contribution in [0.5, 0.6) is 0 Å². The molecular formula is C17H37P. The molecule has 0 aliphatic heterocycles. The molecule has 0 heterocycles. The van der Waals surface area contributed by atoms with Crippen molar-refractivity contribution in [2.75, 3.05) is 12.8 Å². The van der Waals surface area contributed by atoms with Gasteiger partial charge in [-0.1, -0.05) is 78.6 Å². The largest absolute Gasteiger partial charge is 0.107 e. The first-order chi connectivity index (χ1) is 8.72. The summed E-state index contributed by atoms with van der Waals surface area (Å²) in [6, 6.07) is 0. The fourth-order valence-corrected chi connectivity index (χ4v) is 4.24. The highest BCUT2D eigenvalue weighted by Crippen LogP contribution is 2.40. The van der Waals surface area contributed by atoms with Crippen LogP contribution in [0, 0.1) is 0 Å². The predicted octanol–water partition coefficient (Wildman–Crippen LogP) is 6.82. The van der Waals surface area contributed by atoms with Gasteiger partial charge in [-0.25, -0.2) is 0 Å². The van der Waals surface area contributed by atoms with Crippen LogP contribution in [0.2, 0.25) is 0 Å². The number of hydrogen-bond acceptors (Lipinski definition) is 0. The second-order valence-corrected chi connectivity index (χ2v) is 8.79. The van der Waals surface area contributed by atoms with E-state index < -0.39 is 0 Å². The topological polar surface area (TPSA) is 0 Å². The van der Waals surface area contributed by atoms with Gasteiger partial charge < -0.3 is 0 Å². The lowest BCUT2D eigenvalue weighted by molar-refractivity contribution is 0.586. The number of hydrogen-bond donors (Lipinski definition) is 0. The van der Waals surface area contributed by atoms with E-state index >= 15 is 0 Å². The molecule has 0 bridgehead atoms. The molecule has 0 aromatic rings. The fraction of sp³-hybridized carbons (Fsp3) is 1.00. The van der Waals surface area contributed by atoms with E-state index in [-0.39, 0.29) is 0 Å². The Bertz CT molecular complexity index is 156. The third-order valence-corrected chi connectivity index (χ3v) is 6.88. The van der Waals surface area contributed by atoms with Crippen LogP contribution in [0.1, 0.15) is 91.4 Å². The Hall–Kier alpha value is 0.430. The first-order valence-electron chi connectivity index (χ1n) is 8.42. The van der Waals surface area contributed by atoms with Gasteiger partial charge in [-0.2, -0.15) is 0 Å². The highest BCUT2D eigenvalue weighted by atomic mass is 31.1. The quantitative estimate of drug-likeness (QED) is 0.255. The van der Waals surface area contributed by atoms with Crippen molar-refractivity contribution < 1.29 is 0 Å². The summed E-state index contributed by atoms with van der Waals surface area (Å²) < 4.78 is 0. The maximum atomic E-state index is 2.53. The molecule has 0 aromatic heterocycles. The Morgan fingerprint density at radius 3 is 1.83 bits per heavy atom. The van der Waals surface area contributed by atoms with Crippen molar-refractivity contribution >= 4 is 7.92 Å². The maximum Gasteiger partial charge on any atom is -0.0240 e. The molecule has 0 nitrogen and oxygen atoms in total. The Kier molecular flexibility index (Phi) is 14.2. The molecule has 0 saturated heterocycles. The molecule has 0 spiro atoms. The summed E-state index contributed by atoms with van der Waals surface area (Å²) in [5.41, 5.74) is 1.01. The minimum Gasteiger partial charge on any atom is -0.107 e. The standard InChI is InChI=1S/C17H37P/c1-5-7-9-11-12-13-15-17(3)18(4)16-14-10-8-6-2/h17H,5-16H2,1-4H3. The van der Waals surface area contributed by atoms with Crippen molar-refractivity contribution in [1.29, 1.82) is 0 Å². The van der Waals surface area contributed by atoms with E-state index in [0.717, 1.165) is 5.66 Å². The summed E-state index contributed by atoms with van der Waals surface area (Å²) in [5, 5.41) is 0. The van der Waals surface area contributed by atoms with Gasteiger partial charge >= 0.3 is 0 Å². The van der Waals surface area contributed by atoms with E-state index in [2.05, 4.69) is 27.4 Å². The molecule has 18 heavy (non-hydrogen) atoms. The van der Waals surface area contributed by atoms with Gasteiger partial charge in [-0.15, -0.1) is 7.92 Å². The highest BCUT2D eigenvalue weighted by molar-refractivity contribution is 7.57. The van der Waals surface area contributed by atoms with Gasteiger partial charge in [0, 0.05) is 0 Å². The SMILES string of the molecule is CCCCCCCCC(C)P(C)CCCCCC. The molecule has 0 aliphatic carbocycles. The molecule has 0 amide bonds. The van der Waals surface area contributed by atoms with Crippen molar-refractivity contribution in [2.45, 2.75) is 97.1 Å². The van der Waals surface area contributed by atoms with Crippen LogP contribution < -0.4 is 0 Å². The second-order valence-electron chi connectivity index (χ2n) is 5.95. The molecule has 0 N–H and O–H groups in total. The van der Waals surface area contributed by atoms with Crippen molar-refractivity contribution in [2.24, 2.45) is 0 Å². The summed E-state index contributed by atoms with van der Waals surface area (Å²) in [5.74, 6) is 0. The van der Waals surface area contributed by atoms with Crippen LogP contribution in [0.3, 0.4) is 0 Å². The molecule has 0 rings (SSSR count). The molecule has 0 fully saturated rings. The highest BCUT2D eigenvalue weighted by Gasteiger charge is 2.10. The molecule has 0 radical (unpaired) electrons. The van der Waals surface area contributed by atoms with Crippen LogP contribution in [0.4, 0.5) is 0 Å². The summed E-state index contributed by atoms with van der Waals surface area (Å²) >= 11 is 0. The summed E-state index contributed by atoms with van der Waals surface area (Å²) in [6.07, 6.45) is 17.5. The van der Waals surface area contributed by atoms with Crippen LogP contribution >= 0.6 is 7.92 Å². The van der Waals surface area contributed by atoms with Gasteiger partial charge in [-0.3, -0.25) is 0 Å². The Morgan fingerprint density at radius 2 is 1.22 bits per heavy atom. The third-order valence-electron chi connectivity index (χ3n) is 4.09. The predicted molar refractivity (Wildman–Crippen MR) is 89.3 cm³/mol. The summed E-state index contributed by atoms with van der Waals surface area (Å²) in [7, 11) is 0.314. The van der Waals surface area contributed by atoms with E-state index in [1.165, 1.54) is 76.8 Å². The van der Waals surface area contributed by atoms with Gasteiger partial charge in [0.05, 0.1) is 0 Å². The van der Waals surface area contributed by atoms with Crippen molar-refractivity contribution in [3.63, 3.8) is 0 Å². The van der Waals surface area contributed by atoms with Crippen LogP contribution in [0.15, 0.2) is 0 Å². The lowest BCUT2D eigenvalue weighted by atomic mass is 10.1. The van der Waals surface area contributed by atoms with Crippen molar-refractivity contribution in [1.82, 2.24) is 0 Å². The molecule has 1 heteroatoms. The zero-order valence-electron chi connectivity index (χ0n) is 13.5. The molecule has 2 atom stereocenters. The summed E-state index contributed by atoms with van der Waals surface area (Å²) in [6.45, 7) is 9.63. The lowest BCUT2D eigenvalue weighted by Crippen LogP contribution is -2.02. The van der Waals surface area contributed by atoms with Gasteiger partial charge in [0.15, 0.2) is 0 Å². The third kappa shape index (κ3) is 11.5. The maximum absolute atomic E-state index is 2.53. The fourth-order valence-electron chi connectivity index (χ4n) is 2.45. The molecule has 2 unspecified atom stereocenters. The minimum absolute atomic E-state index is 0.314. The number of unbranched alkanes of at least 4 members (excludes halogenated alkanes) is 8. The molecule has 0 aliphatic rings. The first kappa shape index (κ1) is 18.4. The smallest absolute Gasteiger partial charge is 0.0240 e. The lowest BCUT2D eigenvalue weighted by Gasteiger charge is -2.20. The molecule has 0 saturated carbocycles. The molecule has 110 valence electrons. The van der Waals surface area contributed by atoms with Crippen molar-refractivity contribution in [3.8, 4) is 0 Å². The normalized spacial score (nSPS) is 14.7. The minimum atomic E-state index is 0.314. The molecular weight excluding hydrogens is 235 g/mol. The van der Waals surface area contributed by atoms with E-state index in [1.54, 1.807) is 0 Å². The van der Waals surface area contributed by atoms with Gasteiger partial charge in [0.2, 0.25) is 0 Å². The van der Waals surface area contributed by atoms with E-state index in [1.807, 2.05) is 0 Å². The van der Waals surface area contributed by atoms with E-state index in [9.17, 15) is 0 Å². The monoisotopic (exact) mass is 272 g/mol. The Morgan fingerprint density at radius 1 is 0.722 bits per heavy atom. The summed E-state index contributed by atoms with van der Waals surface area (Å²) in [4.78, 5) is 0. The van der Waals surface area contributed by atoms with Crippen molar-refractivity contribution in [3.05, 3.63) is 0 Å². The average Bonchev–Trinajstić information content (AvgIpc) is 2.38. The number of rotatable bonds is 13. The van der Waals surface area contributed by atoms with Crippen LogP contribution in [-0.2, 0) is 0 Å². The first-order valence-corrected chi connectivity index (χ1v) is 10.5. The van der Waals surface area contributed by atoms with Gasteiger partial charge in [-0.05, 0) is 31.3 Å². The van der Waals surface area contributed by atoms with E-state index in [0.29, 0.717) is 7.92 Å². The second kappa shape index (κ2) is 13.9.